The number of esters is 1. The molecule has 1 aliphatic rings. The number of anilines is 1. The lowest BCUT2D eigenvalue weighted by molar-refractivity contribution is -0.136. The summed E-state index contributed by atoms with van der Waals surface area (Å²) in [5.41, 5.74) is 1.17. The van der Waals surface area contributed by atoms with Gasteiger partial charge in [0.15, 0.2) is 5.76 Å². The third-order valence-corrected chi connectivity index (χ3v) is 4.96. The molecule has 0 spiro atoms. The third-order valence-electron chi connectivity index (χ3n) is 3.90. The van der Waals surface area contributed by atoms with Gasteiger partial charge in [-0.05, 0) is 42.0 Å². The van der Waals surface area contributed by atoms with E-state index in [1.807, 2.05) is 12.1 Å². The van der Waals surface area contributed by atoms with Gasteiger partial charge in [-0.1, -0.05) is 44.0 Å². The van der Waals surface area contributed by atoms with Crippen LogP contribution < -0.4 is 4.90 Å². The van der Waals surface area contributed by atoms with Crippen molar-refractivity contribution in [2.45, 2.75) is 6.04 Å². The zero-order chi connectivity index (χ0) is 18.1. The van der Waals surface area contributed by atoms with E-state index in [4.69, 9.17) is 4.74 Å². The highest BCUT2D eigenvalue weighted by atomic mass is 79.9. The molecule has 0 fully saturated rings. The highest BCUT2D eigenvalue weighted by molar-refractivity contribution is 9.10. The van der Waals surface area contributed by atoms with Crippen LogP contribution in [-0.4, -0.2) is 24.1 Å². The molecule has 1 aliphatic heterocycles. The van der Waals surface area contributed by atoms with Gasteiger partial charge in [-0.3, -0.25) is 9.69 Å². The second-order valence-electron chi connectivity index (χ2n) is 5.36. The molecule has 0 saturated carbocycles. The molecular weight excluding hydrogens is 454 g/mol. The number of hydrogen-bond acceptors (Lipinski definition) is 4. The fourth-order valence-corrected chi connectivity index (χ4v) is 3.28. The zero-order valence-electron chi connectivity index (χ0n) is 13.1. The molecule has 7 heteroatoms. The van der Waals surface area contributed by atoms with Gasteiger partial charge in [0, 0.05) is 14.6 Å². The fraction of sp³-hybridized carbons (Fsp3) is 0.111. The largest absolute Gasteiger partial charge is 0.503 e. The Morgan fingerprint density at radius 2 is 1.56 bits per heavy atom. The number of nitrogens with zero attached hydrogens (tertiary/aromatic N) is 1. The molecule has 1 N–H and O–H groups in total. The van der Waals surface area contributed by atoms with Gasteiger partial charge in [0.05, 0.1) is 13.2 Å². The average molecular weight is 467 g/mol. The van der Waals surface area contributed by atoms with E-state index in [0.29, 0.717) is 11.3 Å². The summed E-state index contributed by atoms with van der Waals surface area (Å²) in [5, 5.41) is 10.3. The minimum Gasteiger partial charge on any atom is -0.503 e. The van der Waals surface area contributed by atoms with Crippen molar-refractivity contribution in [2.75, 3.05) is 12.0 Å². The molecule has 0 saturated heterocycles. The lowest BCUT2D eigenvalue weighted by Gasteiger charge is -2.26. The van der Waals surface area contributed by atoms with E-state index in [2.05, 4.69) is 31.9 Å². The van der Waals surface area contributed by atoms with Gasteiger partial charge in [0.2, 0.25) is 0 Å². The maximum atomic E-state index is 12.7. The predicted molar refractivity (Wildman–Crippen MR) is 100 cm³/mol. The molecule has 1 atom stereocenters. The van der Waals surface area contributed by atoms with Crippen LogP contribution in [0.15, 0.2) is 68.8 Å². The first-order valence-corrected chi connectivity index (χ1v) is 8.88. The van der Waals surface area contributed by atoms with Gasteiger partial charge >= 0.3 is 5.97 Å². The first-order chi connectivity index (χ1) is 11.9. The number of hydrogen-bond donors (Lipinski definition) is 1. The fourth-order valence-electron chi connectivity index (χ4n) is 2.75. The van der Waals surface area contributed by atoms with Gasteiger partial charge in [-0.25, -0.2) is 4.79 Å². The molecule has 128 valence electrons. The van der Waals surface area contributed by atoms with E-state index in [1.165, 1.54) is 12.0 Å². The van der Waals surface area contributed by atoms with Crippen molar-refractivity contribution in [2.24, 2.45) is 0 Å². The molecule has 0 bridgehead atoms. The summed E-state index contributed by atoms with van der Waals surface area (Å²) in [6, 6.07) is 13.5. The molecule has 1 heterocycles. The number of benzene rings is 2. The molecule has 0 radical (unpaired) electrons. The van der Waals surface area contributed by atoms with Crippen molar-refractivity contribution >= 4 is 49.4 Å². The van der Waals surface area contributed by atoms with Crippen LogP contribution in [0, 0.1) is 0 Å². The summed E-state index contributed by atoms with van der Waals surface area (Å²) in [4.78, 5) is 26.3. The molecular formula is C18H13Br2NO4. The van der Waals surface area contributed by atoms with E-state index in [-0.39, 0.29) is 5.57 Å². The van der Waals surface area contributed by atoms with Crippen molar-refractivity contribution in [1.82, 2.24) is 0 Å². The van der Waals surface area contributed by atoms with Crippen molar-refractivity contribution in [1.29, 1.82) is 0 Å². The van der Waals surface area contributed by atoms with Gasteiger partial charge in [0.25, 0.3) is 5.91 Å². The van der Waals surface area contributed by atoms with Gasteiger partial charge in [0.1, 0.15) is 5.57 Å². The van der Waals surface area contributed by atoms with E-state index in [1.54, 1.807) is 36.4 Å². The zero-order valence-corrected chi connectivity index (χ0v) is 16.2. The molecule has 2 aromatic carbocycles. The van der Waals surface area contributed by atoms with Gasteiger partial charge in [-0.2, -0.15) is 0 Å². The normalized spacial score (nSPS) is 17.2. The number of carbonyl (C=O) groups excluding carboxylic acids is 2. The van der Waals surface area contributed by atoms with Crippen molar-refractivity contribution in [3.8, 4) is 0 Å². The third kappa shape index (κ3) is 3.21. The Bertz CT molecular complexity index is 860. The number of aliphatic hydroxyl groups is 1. The second-order valence-corrected chi connectivity index (χ2v) is 7.19. The first-order valence-electron chi connectivity index (χ1n) is 7.30. The molecule has 5 nitrogen and oxygen atoms in total. The van der Waals surface area contributed by atoms with Crippen LogP contribution in [0.1, 0.15) is 11.6 Å². The summed E-state index contributed by atoms with van der Waals surface area (Å²) >= 11 is 6.72. The molecule has 0 aromatic heterocycles. The SMILES string of the molecule is COC(=O)C1=C(O)C(=O)N(c2ccc(Br)cc2)C1c1ccc(Br)cc1. The van der Waals surface area contributed by atoms with Crippen LogP contribution >= 0.6 is 31.9 Å². The topological polar surface area (TPSA) is 66.8 Å². The van der Waals surface area contributed by atoms with Crippen LogP contribution in [0.3, 0.4) is 0 Å². The van der Waals surface area contributed by atoms with Crippen molar-refractivity contribution in [3.63, 3.8) is 0 Å². The molecule has 0 aliphatic carbocycles. The van der Waals surface area contributed by atoms with Crippen molar-refractivity contribution < 1.29 is 19.4 Å². The number of carbonyl (C=O) groups is 2. The summed E-state index contributed by atoms with van der Waals surface area (Å²) in [5.74, 6) is -1.98. The minimum atomic E-state index is -0.769. The predicted octanol–water partition coefficient (Wildman–Crippen LogP) is 4.28. The van der Waals surface area contributed by atoms with Crippen LogP contribution in [-0.2, 0) is 14.3 Å². The number of methoxy groups -OCH3 is 1. The standard InChI is InChI=1S/C18H13Br2NO4/c1-25-18(24)14-15(10-2-4-11(19)5-3-10)21(17(23)16(14)22)13-8-6-12(20)7-9-13/h2-9,15,22H,1H3. The Morgan fingerprint density at radius 3 is 2.08 bits per heavy atom. The quantitative estimate of drug-likeness (QED) is 0.685. The Kier molecular flexibility index (Phi) is 4.96. The summed E-state index contributed by atoms with van der Waals surface area (Å²) < 4.78 is 6.50. The maximum Gasteiger partial charge on any atom is 0.340 e. The summed E-state index contributed by atoms with van der Waals surface area (Å²) in [7, 11) is 1.22. The Morgan fingerprint density at radius 1 is 1.04 bits per heavy atom. The molecule has 1 amide bonds. The van der Waals surface area contributed by atoms with Crippen LogP contribution in [0.2, 0.25) is 0 Å². The monoisotopic (exact) mass is 465 g/mol. The molecule has 3 rings (SSSR count). The van der Waals surface area contributed by atoms with Crippen LogP contribution in [0.5, 0.6) is 0 Å². The summed E-state index contributed by atoms with van der Waals surface area (Å²) in [6.45, 7) is 0. The number of halogens is 2. The number of aliphatic hydroxyl groups excluding tert-OH is 1. The second kappa shape index (κ2) is 7.01. The minimum absolute atomic E-state index is 0.0715. The first kappa shape index (κ1) is 17.7. The van der Waals surface area contributed by atoms with Gasteiger partial charge < -0.3 is 9.84 Å². The lowest BCUT2D eigenvalue weighted by Crippen LogP contribution is -2.31. The Balaban J connectivity index is 2.16. The average Bonchev–Trinajstić information content (AvgIpc) is 2.87. The number of rotatable bonds is 3. The Labute approximate surface area is 161 Å². The number of ether oxygens (including phenoxy) is 1. The number of amides is 1. The highest BCUT2D eigenvalue weighted by Gasteiger charge is 2.45. The van der Waals surface area contributed by atoms with Gasteiger partial charge in [-0.15, -0.1) is 0 Å². The highest BCUT2D eigenvalue weighted by Crippen LogP contribution is 2.41. The molecule has 25 heavy (non-hydrogen) atoms. The summed E-state index contributed by atoms with van der Waals surface area (Å²) in [6.07, 6.45) is 0. The van der Waals surface area contributed by atoms with E-state index >= 15 is 0 Å². The smallest absolute Gasteiger partial charge is 0.340 e. The van der Waals surface area contributed by atoms with E-state index < -0.39 is 23.7 Å². The van der Waals surface area contributed by atoms with Crippen LogP contribution in [0.25, 0.3) is 0 Å². The van der Waals surface area contributed by atoms with Crippen LogP contribution in [0.4, 0.5) is 5.69 Å². The van der Waals surface area contributed by atoms with E-state index in [9.17, 15) is 14.7 Å². The van der Waals surface area contributed by atoms with Crippen molar-refractivity contribution in [3.05, 3.63) is 74.4 Å². The lowest BCUT2D eigenvalue weighted by atomic mass is 9.99. The Hall–Kier alpha value is -2.12. The molecule has 2 aromatic rings. The molecule has 1 unspecified atom stereocenters. The van der Waals surface area contributed by atoms with E-state index in [0.717, 1.165) is 8.95 Å². The maximum absolute atomic E-state index is 12.7.